The van der Waals surface area contributed by atoms with E-state index in [1.807, 2.05) is 6.92 Å². The third-order valence-electron chi connectivity index (χ3n) is 2.88. The maximum absolute atomic E-state index is 13.5. The van der Waals surface area contributed by atoms with Crippen LogP contribution in [0.5, 0.6) is 5.75 Å². The Bertz CT molecular complexity index is 617. The van der Waals surface area contributed by atoms with Gasteiger partial charge in [0, 0.05) is 17.7 Å². The predicted molar refractivity (Wildman–Crippen MR) is 74.7 cm³/mol. The Morgan fingerprint density at radius 2 is 1.95 bits per heavy atom. The highest BCUT2D eigenvalue weighted by molar-refractivity contribution is 6.32. The SMILES string of the molecule is CC(N)c1ccc(OCc2ccc(F)cc2F)c(Cl)c1. The molecule has 2 rings (SSSR count). The van der Waals surface area contributed by atoms with E-state index in [1.54, 1.807) is 18.2 Å². The zero-order valence-electron chi connectivity index (χ0n) is 10.9. The second kappa shape index (κ2) is 6.20. The van der Waals surface area contributed by atoms with Crippen molar-refractivity contribution in [1.82, 2.24) is 0 Å². The summed E-state index contributed by atoms with van der Waals surface area (Å²) in [6, 6.07) is 8.41. The molecule has 0 saturated heterocycles. The Hall–Kier alpha value is -1.65. The topological polar surface area (TPSA) is 35.2 Å². The monoisotopic (exact) mass is 297 g/mol. The van der Waals surface area contributed by atoms with Gasteiger partial charge in [-0.05, 0) is 36.8 Å². The molecule has 0 fully saturated rings. The molecule has 5 heteroatoms. The summed E-state index contributed by atoms with van der Waals surface area (Å²) in [5.41, 5.74) is 6.89. The van der Waals surface area contributed by atoms with Crippen molar-refractivity contribution in [2.45, 2.75) is 19.6 Å². The van der Waals surface area contributed by atoms with Gasteiger partial charge in [0.05, 0.1) is 5.02 Å². The van der Waals surface area contributed by atoms with E-state index in [9.17, 15) is 8.78 Å². The minimum absolute atomic E-state index is 0.0244. The van der Waals surface area contributed by atoms with E-state index in [0.717, 1.165) is 11.6 Å². The smallest absolute Gasteiger partial charge is 0.138 e. The molecule has 0 aliphatic rings. The summed E-state index contributed by atoms with van der Waals surface area (Å²) in [5, 5.41) is 0.405. The molecule has 0 aliphatic carbocycles. The van der Waals surface area contributed by atoms with Crippen LogP contribution in [-0.2, 0) is 6.61 Å². The number of nitrogens with two attached hydrogens (primary N) is 1. The number of hydrogen-bond donors (Lipinski definition) is 1. The second-order valence-electron chi connectivity index (χ2n) is 4.50. The average molecular weight is 298 g/mol. The first kappa shape index (κ1) is 14.8. The lowest BCUT2D eigenvalue weighted by Crippen LogP contribution is -2.05. The van der Waals surface area contributed by atoms with E-state index in [4.69, 9.17) is 22.1 Å². The highest BCUT2D eigenvalue weighted by atomic mass is 35.5. The van der Waals surface area contributed by atoms with Crippen molar-refractivity contribution in [3.8, 4) is 5.75 Å². The average Bonchev–Trinajstić information content (AvgIpc) is 2.38. The van der Waals surface area contributed by atoms with Gasteiger partial charge in [-0.2, -0.15) is 0 Å². The maximum Gasteiger partial charge on any atom is 0.138 e. The van der Waals surface area contributed by atoms with Crippen molar-refractivity contribution in [2.24, 2.45) is 5.73 Å². The van der Waals surface area contributed by atoms with Crippen LogP contribution in [0.25, 0.3) is 0 Å². The van der Waals surface area contributed by atoms with E-state index in [1.165, 1.54) is 12.1 Å². The first-order chi connectivity index (χ1) is 9.47. The fourth-order valence-electron chi connectivity index (χ4n) is 1.71. The van der Waals surface area contributed by atoms with Crippen LogP contribution in [0.15, 0.2) is 36.4 Å². The molecular weight excluding hydrogens is 284 g/mol. The summed E-state index contributed by atoms with van der Waals surface area (Å²) >= 11 is 6.07. The normalized spacial score (nSPS) is 12.2. The first-order valence-electron chi connectivity index (χ1n) is 6.09. The van der Waals surface area contributed by atoms with E-state index in [0.29, 0.717) is 10.8 Å². The lowest BCUT2D eigenvalue weighted by Gasteiger charge is -2.11. The molecule has 2 aromatic carbocycles. The molecule has 0 aromatic heterocycles. The van der Waals surface area contributed by atoms with Crippen molar-refractivity contribution in [3.63, 3.8) is 0 Å². The molecule has 0 saturated carbocycles. The highest BCUT2D eigenvalue weighted by Crippen LogP contribution is 2.28. The summed E-state index contributed by atoms with van der Waals surface area (Å²) in [4.78, 5) is 0. The molecule has 0 radical (unpaired) electrons. The van der Waals surface area contributed by atoms with Crippen molar-refractivity contribution in [3.05, 3.63) is 64.2 Å². The number of hydrogen-bond acceptors (Lipinski definition) is 2. The van der Waals surface area contributed by atoms with Crippen LogP contribution in [0.4, 0.5) is 8.78 Å². The van der Waals surface area contributed by atoms with Crippen LogP contribution in [0.2, 0.25) is 5.02 Å². The molecule has 0 bridgehead atoms. The number of benzene rings is 2. The molecular formula is C15H14ClF2NO. The van der Waals surface area contributed by atoms with Gasteiger partial charge < -0.3 is 10.5 Å². The third-order valence-corrected chi connectivity index (χ3v) is 3.18. The van der Waals surface area contributed by atoms with Gasteiger partial charge in [0.15, 0.2) is 0 Å². The van der Waals surface area contributed by atoms with Crippen LogP contribution in [0, 0.1) is 11.6 Å². The Labute approximate surface area is 121 Å². The number of halogens is 3. The standard InChI is InChI=1S/C15H14ClF2NO/c1-9(19)10-3-5-15(13(16)6-10)20-8-11-2-4-12(17)7-14(11)18/h2-7,9H,8,19H2,1H3. The molecule has 0 heterocycles. The molecule has 106 valence electrons. The lowest BCUT2D eigenvalue weighted by atomic mass is 10.1. The minimum atomic E-state index is -0.645. The number of ether oxygens (including phenoxy) is 1. The molecule has 2 nitrogen and oxygen atoms in total. The van der Waals surface area contributed by atoms with E-state index >= 15 is 0 Å². The molecule has 2 N–H and O–H groups in total. The van der Waals surface area contributed by atoms with Crippen molar-refractivity contribution >= 4 is 11.6 Å². The van der Waals surface area contributed by atoms with Gasteiger partial charge in [-0.1, -0.05) is 17.7 Å². The van der Waals surface area contributed by atoms with Crippen LogP contribution >= 0.6 is 11.6 Å². The van der Waals surface area contributed by atoms with Crippen molar-refractivity contribution in [1.29, 1.82) is 0 Å². The zero-order chi connectivity index (χ0) is 14.7. The van der Waals surface area contributed by atoms with Gasteiger partial charge in [-0.15, -0.1) is 0 Å². The second-order valence-corrected chi connectivity index (χ2v) is 4.91. The molecule has 2 aromatic rings. The predicted octanol–water partition coefficient (Wildman–Crippen LogP) is 4.22. The quantitative estimate of drug-likeness (QED) is 0.917. The van der Waals surface area contributed by atoms with E-state index < -0.39 is 11.6 Å². The minimum Gasteiger partial charge on any atom is -0.487 e. The van der Waals surface area contributed by atoms with Gasteiger partial charge in [0.2, 0.25) is 0 Å². The Kier molecular flexibility index (Phi) is 4.57. The van der Waals surface area contributed by atoms with Crippen molar-refractivity contribution in [2.75, 3.05) is 0 Å². The highest BCUT2D eigenvalue weighted by Gasteiger charge is 2.08. The summed E-state index contributed by atoms with van der Waals surface area (Å²) in [6.07, 6.45) is 0. The van der Waals surface area contributed by atoms with Gasteiger partial charge in [-0.3, -0.25) is 0 Å². The molecule has 1 unspecified atom stereocenters. The zero-order valence-corrected chi connectivity index (χ0v) is 11.6. The Balaban J connectivity index is 2.11. The maximum atomic E-state index is 13.5. The fraction of sp³-hybridized carbons (Fsp3) is 0.200. The fourth-order valence-corrected chi connectivity index (χ4v) is 1.96. The van der Waals surface area contributed by atoms with Gasteiger partial charge in [0.25, 0.3) is 0 Å². The number of rotatable bonds is 4. The Morgan fingerprint density at radius 1 is 1.20 bits per heavy atom. The van der Waals surface area contributed by atoms with Gasteiger partial charge in [-0.25, -0.2) is 8.78 Å². The summed E-state index contributed by atoms with van der Waals surface area (Å²) in [5.74, 6) is -0.835. The van der Waals surface area contributed by atoms with Crippen LogP contribution < -0.4 is 10.5 Å². The van der Waals surface area contributed by atoms with Gasteiger partial charge in [0.1, 0.15) is 24.0 Å². The lowest BCUT2D eigenvalue weighted by molar-refractivity contribution is 0.299. The molecule has 20 heavy (non-hydrogen) atoms. The summed E-state index contributed by atoms with van der Waals surface area (Å²) in [6.45, 7) is 1.82. The molecule has 0 amide bonds. The molecule has 0 spiro atoms. The van der Waals surface area contributed by atoms with Gasteiger partial charge >= 0.3 is 0 Å². The molecule has 0 aliphatic heterocycles. The van der Waals surface area contributed by atoms with Crippen LogP contribution in [0.1, 0.15) is 24.1 Å². The van der Waals surface area contributed by atoms with Crippen molar-refractivity contribution < 1.29 is 13.5 Å². The molecule has 1 atom stereocenters. The first-order valence-corrected chi connectivity index (χ1v) is 6.47. The third kappa shape index (κ3) is 3.46. The van der Waals surface area contributed by atoms with E-state index in [2.05, 4.69) is 0 Å². The summed E-state index contributed by atoms with van der Waals surface area (Å²) < 4.78 is 31.7. The van der Waals surface area contributed by atoms with Crippen LogP contribution in [-0.4, -0.2) is 0 Å². The Morgan fingerprint density at radius 3 is 2.55 bits per heavy atom. The summed E-state index contributed by atoms with van der Waals surface area (Å²) in [7, 11) is 0. The largest absolute Gasteiger partial charge is 0.487 e. The van der Waals surface area contributed by atoms with E-state index in [-0.39, 0.29) is 18.2 Å². The van der Waals surface area contributed by atoms with Crippen LogP contribution in [0.3, 0.4) is 0 Å².